The number of benzene rings is 3. The lowest BCUT2D eigenvalue weighted by atomic mass is 10.0. The van der Waals surface area contributed by atoms with Crippen LogP contribution in [0, 0.1) is 6.92 Å². The maximum Gasteiger partial charge on any atom is 0.343 e. The summed E-state index contributed by atoms with van der Waals surface area (Å²) in [5.74, 6) is 1.01. The Morgan fingerprint density at radius 2 is 1.65 bits per heavy atom. The molecule has 0 amide bonds. The van der Waals surface area contributed by atoms with Crippen LogP contribution >= 0.6 is 0 Å². The maximum atomic E-state index is 12.9. The van der Waals surface area contributed by atoms with E-state index in [0.29, 0.717) is 33.9 Å². The Kier molecular flexibility index (Phi) is 6.27. The predicted molar refractivity (Wildman–Crippen MR) is 129 cm³/mol. The molecule has 0 radical (unpaired) electrons. The Morgan fingerprint density at radius 1 is 0.941 bits per heavy atom. The van der Waals surface area contributed by atoms with Gasteiger partial charge in [-0.1, -0.05) is 12.1 Å². The molecule has 0 saturated heterocycles. The number of carbonyl (C=O) groups is 2. The SMILES string of the molecule is COc1ccc(C(=O)Oc2cc(C)c3c(c2)O/C(=C\c2ccc(N(C)C)cc2)C3=O)cc1OC. The van der Waals surface area contributed by atoms with Crippen LogP contribution < -0.4 is 23.8 Å². The van der Waals surface area contributed by atoms with Crippen LogP contribution in [0.4, 0.5) is 5.69 Å². The van der Waals surface area contributed by atoms with Crippen LogP contribution in [-0.4, -0.2) is 40.1 Å². The third-order valence-corrected chi connectivity index (χ3v) is 5.48. The van der Waals surface area contributed by atoms with Gasteiger partial charge in [0.2, 0.25) is 5.78 Å². The smallest absolute Gasteiger partial charge is 0.343 e. The number of anilines is 1. The summed E-state index contributed by atoms with van der Waals surface area (Å²) in [6.45, 7) is 1.78. The van der Waals surface area contributed by atoms with Crippen molar-refractivity contribution < 1.29 is 28.5 Å². The molecule has 0 saturated carbocycles. The zero-order valence-electron chi connectivity index (χ0n) is 19.7. The third-order valence-electron chi connectivity index (χ3n) is 5.48. The van der Waals surface area contributed by atoms with E-state index in [4.69, 9.17) is 18.9 Å². The number of esters is 1. The number of aryl methyl sites for hydroxylation is 1. The Balaban J connectivity index is 1.56. The Morgan fingerprint density at radius 3 is 2.29 bits per heavy atom. The topological polar surface area (TPSA) is 74.3 Å². The first-order chi connectivity index (χ1) is 16.3. The number of hydrogen-bond donors (Lipinski definition) is 0. The number of allylic oxidation sites excluding steroid dienone is 1. The van der Waals surface area contributed by atoms with Gasteiger partial charge in [-0.25, -0.2) is 4.79 Å². The highest BCUT2D eigenvalue weighted by Gasteiger charge is 2.30. The zero-order chi connectivity index (χ0) is 24.4. The van der Waals surface area contributed by atoms with Crippen LogP contribution in [0.3, 0.4) is 0 Å². The molecule has 7 heteroatoms. The number of fused-ring (bicyclic) bond motifs is 1. The van der Waals surface area contributed by atoms with Crippen molar-refractivity contribution in [1.82, 2.24) is 0 Å². The number of ether oxygens (including phenoxy) is 4. The minimum absolute atomic E-state index is 0.207. The highest BCUT2D eigenvalue weighted by molar-refractivity contribution is 6.15. The van der Waals surface area contributed by atoms with E-state index in [9.17, 15) is 9.59 Å². The molecular weight excluding hydrogens is 434 g/mol. The van der Waals surface area contributed by atoms with Gasteiger partial charge in [-0.15, -0.1) is 0 Å². The molecule has 1 aliphatic heterocycles. The van der Waals surface area contributed by atoms with Crippen LogP contribution in [0.2, 0.25) is 0 Å². The second-order valence-electron chi connectivity index (χ2n) is 8.00. The van der Waals surface area contributed by atoms with Crippen LogP contribution in [-0.2, 0) is 0 Å². The average Bonchev–Trinajstić information content (AvgIpc) is 3.14. The van der Waals surface area contributed by atoms with Crippen molar-refractivity contribution >= 4 is 23.5 Å². The molecule has 3 aromatic carbocycles. The van der Waals surface area contributed by atoms with Crippen LogP contribution in [0.5, 0.6) is 23.0 Å². The normalized spacial score (nSPS) is 13.3. The Labute approximate surface area is 198 Å². The van der Waals surface area contributed by atoms with Crippen LogP contribution in [0.25, 0.3) is 6.08 Å². The second kappa shape index (κ2) is 9.31. The van der Waals surface area contributed by atoms with Crippen LogP contribution in [0.15, 0.2) is 60.4 Å². The van der Waals surface area contributed by atoms with Gasteiger partial charge in [0.15, 0.2) is 17.3 Å². The van der Waals surface area contributed by atoms with Crippen molar-refractivity contribution in [3.8, 4) is 23.0 Å². The van der Waals surface area contributed by atoms with Crippen molar-refractivity contribution in [2.24, 2.45) is 0 Å². The standard InChI is InChI=1S/C27H25NO6/c1-16-12-20(33-27(30)18-8-11-21(31-4)22(14-18)32-5)15-23-25(16)26(29)24(34-23)13-17-6-9-19(10-7-17)28(2)3/h6-15H,1-5H3/b24-13-. The van der Waals surface area contributed by atoms with E-state index >= 15 is 0 Å². The van der Waals surface area contributed by atoms with E-state index in [1.165, 1.54) is 14.2 Å². The molecule has 0 fully saturated rings. The molecule has 1 aliphatic rings. The van der Waals surface area contributed by atoms with E-state index < -0.39 is 5.97 Å². The first-order valence-electron chi connectivity index (χ1n) is 10.6. The van der Waals surface area contributed by atoms with Gasteiger partial charge in [-0.2, -0.15) is 0 Å². The van der Waals surface area contributed by atoms with E-state index in [2.05, 4.69) is 0 Å². The first-order valence-corrected chi connectivity index (χ1v) is 10.6. The quantitative estimate of drug-likeness (QED) is 0.294. The first kappa shape index (κ1) is 22.9. The molecule has 0 bridgehead atoms. The molecule has 34 heavy (non-hydrogen) atoms. The summed E-state index contributed by atoms with van der Waals surface area (Å²) in [5, 5.41) is 0. The summed E-state index contributed by atoms with van der Waals surface area (Å²) in [6.07, 6.45) is 1.70. The lowest BCUT2D eigenvalue weighted by Gasteiger charge is -2.11. The highest BCUT2D eigenvalue weighted by atomic mass is 16.5. The lowest BCUT2D eigenvalue weighted by molar-refractivity contribution is 0.0734. The molecule has 4 rings (SSSR count). The minimum atomic E-state index is -0.568. The summed E-state index contributed by atoms with van der Waals surface area (Å²) < 4.78 is 21.9. The molecular formula is C27H25NO6. The molecule has 0 atom stereocenters. The van der Waals surface area contributed by atoms with E-state index in [-0.39, 0.29) is 17.3 Å². The molecule has 0 spiro atoms. The summed E-state index contributed by atoms with van der Waals surface area (Å²) in [5.41, 5.74) is 3.32. The molecule has 0 N–H and O–H groups in total. The van der Waals surface area contributed by atoms with Crippen molar-refractivity contribution in [3.05, 3.63) is 82.6 Å². The Bertz CT molecular complexity index is 1290. The van der Waals surface area contributed by atoms with Gasteiger partial charge < -0.3 is 23.8 Å². The molecule has 1 heterocycles. The fourth-order valence-electron chi connectivity index (χ4n) is 3.69. The lowest BCUT2D eigenvalue weighted by Crippen LogP contribution is -2.09. The number of hydrogen-bond acceptors (Lipinski definition) is 7. The minimum Gasteiger partial charge on any atom is -0.493 e. The fraction of sp³-hybridized carbons (Fsp3) is 0.185. The van der Waals surface area contributed by atoms with Crippen molar-refractivity contribution in [1.29, 1.82) is 0 Å². The summed E-state index contributed by atoms with van der Waals surface area (Å²) in [6, 6.07) is 15.7. The van der Waals surface area contributed by atoms with E-state index in [0.717, 1.165) is 11.3 Å². The van der Waals surface area contributed by atoms with Gasteiger partial charge in [0, 0.05) is 25.8 Å². The monoisotopic (exact) mass is 459 g/mol. The van der Waals surface area contributed by atoms with E-state index in [1.54, 1.807) is 43.3 Å². The van der Waals surface area contributed by atoms with Gasteiger partial charge in [0.25, 0.3) is 0 Å². The number of nitrogens with zero attached hydrogens (tertiary/aromatic N) is 1. The van der Waals surface area contributed by atoms with Gasteiger partial charge >= 0.3 is 5.97 Å². The second-order valence-corrected chi connectivity index (χ2v) is 8.00. The van der Waals surface area contributed by atoms with E-state index in [1.807, 2.05) is 43.3 Å². The molecule has 3 aromatic rings. The number of methoxy groups -OCH3 is 2. The van der Waals surface area contributed by atoms with Gasteiger partial charge in [0.1, 0.15) is 11.5 Å². The van der Waals surface area contributed by atoms with Crippen LogP contribution in [0.1, 0.15) is 31.8 Å². The number of Topliss-reactive ketones (excluding diaryl/α,β-unsaturated/α-hetero) is 1. The molecule has 7 nitrogen and oxygen atoms in total. The van der Waals surface area contributed by atoms with Crippen molar-refractivity contribution in [3.63, 3.8) is 0 Å². The maximum absolute atomic E-state index is 12.9. The number of ketones is 1. The third kappa shape index (κ3) is 4.45. The number of carbonyl (C=O) groups excluding carboxylic acids is 2. The molecule has 0 aliphatic carbocycles. The number of rotatable bonds is 6. The molecule has 0 aromatic heterocycles. The average molecular weight is 459 g/mol. The summed E-state index contributed by atoms with van der Waals surface area (Å²) in [7, 11) is 6.94. The van der Waals surface area contributed by atoms with Crippen molar-refractivity contribution in [2.45, 2.75) is 6.92 Å². The molecule has 0 unspecified atom stereocenters. The molecule has 174 valence electrons. The summed E-state index contributed by atoms with van der Waals surface area (Å²) >= 11 is 0. The highest BCUT2D eigenvalue weighted by Crippen LogP contribution is 2.38. The zero-order valence-corrected chi connectivity index (χ0v) is 19.7. The van der Waals surface area contributed by atoms with Gasteiger partial charge in [-0.05, 0) is 60.5 Å². The van der Waals surface area contributed by atoms with Gasteiger partial charge in [0.05, 0.1) is 25.3 Å². The predicted octanol–water partition coefficient (Wildman–Crippen LogP) is 4.91. The van der Waals surface area contributed by atoms with Crippen molar-refractivity contribution in [2.75, 3.05) is 33.2 Å². The van der Waals surface area contributed by atoms with Gasteiger partial charge in [-0.3, -0.25) is 4.79 Å². The largest absolute Gasteiger partial charge is 0.493 e. The Hall–Kier alpha value is -4.26. The fourth-order valence-corrected chi connectivity index (χ4v) is 3.69. The summed E-state index contributed by atoms with van der Waals surface area (Å²) in [4.78, 5) is 27.6.